The molecule has 1 aromatic heterocycles. The number of aliphatic carboxylic acids is 1. The van der Waals surface area contributed by atoms with E-state index in [0.717, 1.165) is 12.3 Å². The normalized spacial score (nSPS) is 12.9. The zero-order valence-corrected chi connectivity index (χ0v) is 7.78. The fourth-order valence-corrected chi connectivity index (χ4v) is 1.43. The first-order chi connectivity index (χ1) is 7.52. The fourth-order valence-electron chi connectivity index (χ4n) is 1.43. The van der Waals surface area contributed by atoms with Crippen LogP contribution in [0.15, 0.2) is 22.8 Å². The highest BCUT2D eigenvalue weighted by atomic mass is 19.1. The molecule has 0 saturated carbocycles. The Morgan fingerprint density at radius 1 is 1.44 bits per heavy atom. The number of carboxylic acids is 1. The van der Waals surface area contributed by atoms with Gasteiger partial charge in [-0.3, -0.25) is 0 Å². The zero-order valence-electron chi connectivity index (χ0n) is 7.78. The summed E-state index contributed by atoms with van der Waals surface area (Å²) in [5, 5.41) is 17.6. The molecule has 0 radical (unpaired) electrons. The molecular weight excluding hydrogens is 222 g/mol. The molecule has 1 aromatic carbocycles. The van der Waals surface area contributed by atoms with Gasteiger partial charge >= 0.3 is 5.97 Å². The minimum Gasteiger partial charge on any atom is -0.479 e. The van der Waals surface area contributed by atoms with Crippen molar-refractivity contribution in [3.8, 4) is 0 Å². The van der Waals surface area contributed by atoms with Crippen LogP contribution in [0.2, 0.25) is 0 Å². The Labute approximate surface area is 87.7 Å². The van der Waals surface area contributed by atoms with Gasteiger partial charge in [-0.1, -0.05) is 0 Å². The Bertz CT molecular complexity index is 561. The summed E-state index contributed by atoms with van der Waals surface area (Å²) in [5.41, 5.74) is -0.933. The summed E-state index contributed by atoms with van der Waals surface area (Å²) in [4.78, 5) is 10.5. The van der Waals surface area contributed by atoms with Crippen LogP contribution in [0.3, 0.4) is 0 Å². The smallest absolute Gasteiger partial charge is 0.337 e. The molecule has 2 aromatic rings. The van der Waals surface area contributed by atoms with E-state index in [1.807, 2.05) is 0 Å². The number of furan rings is 1. The number of halogens is 2. The summed E-state index contributed by atoms with van der Waals surface area (Å²) in [6.07, 6.45) is -1.09. The van der Waals surface area contributed by atoms with Gasteiger partial charge in [-0.15, -0.1) is 0 Å². The second-order valence-corrected chi connectivity index (χ2v) is 3.16. The first-order valence-corrected chi connectivity index (χ1v) is 4.28. The van der Waals surface area contributed by atoms with E-state index in [9.17, 15) is 13.6 Å². The van der Waals surface area contributed by atoms with E-state index >= 15 is 0 Å². The molecule has 1 heterocycles. The minimum atomic E-state index is -2.24. The van der Waals surface area contributed by atoms with E-state index in [4.69, 9.17) is 14.6 Å². The van der Waals surface area contributed by atoms with Crippen molar-refractivity contribution in [2.45, 2.75) is 6.10 Å². The number of rotatable bonds is 2. The van der Waals surface area contributed by atoms with Crippen molar-refractivity contribution in [1.82, 2.24) is 0 Å². The number of aliphatic hydroxyl groups excluding tert-OH is 1. The van der Waals surface area contributed by atoms with Crippen molar-refractivity contribution in [2.75, 3.05) is 0 Å². The number of benzene rings is 1. The SMILES string of the molecule is O=C(O)C(O)c1c(F)cc2occc2c1F. The molecule has 84 valence electrons. The lowest BCUT2D eigenvalue weighted by Crippen LogP contribution is -2.14. The molecule has 0 aliphatic heterocycles. The van der Waals surface area contributed by atoms with Gasteiger partial charge in [-0.25, -0.2) is 13.6 Å². The maximum atomic E-state index is 13.7. The molecule has 0 spiro atoms. The fraction of sp³-hybridized carbons (Fsp3) is 0.100. The van der Waals surface area contributed by atoms with Gasteiger partial charge in [-0.05, 0) is 6.07 Å². The van der Waals surface area contributed by atoms with Crippen molar-refractivity contribution < 1.29 is 28.2 Å². The van der Waals surface area contributed by atoms with Crippen LogP contribution >= 0.6 is 0 Å². The Balaban J connectivity index is 2.73. The first kappa shape index (κ1) is 10.6. The lowest BCUT2D eigenvalue weighted by atomic mass is 10.1. The Morgan fingerprint density at radius 2 is 2.12 bits per heavy atom. The topological polar surface area (TPSA) is 70.7 Å². The van der Waals surface area contributed by atoms with Gasteiger partial charge < -0.3 is 14.6 Å². The van der Waals surface area contributed by atoms with Crippen LogP contribution in [0.1, 0.15) is 11.7 Å². The highest BCUT2D eigenvalue weighted by Crippen LogP contribution is 2.29. The average molecular weight is 228 g/mol. The van der Waals surface area contributed by atoms with Gasteiger partial charge in [0.15, 0.2) is 6.10 Å². The highest BCUT2D eigenvalue weighted by molar-refractivity contribution is 5.82. The molecule has 1 unspecified atom stereocenters. The molecule has 0 amide bonds. The third kappa shape index (κ3) is 1.43. The molecule has 2 rings (SSSR count). The van der Waals surface area contributed by atoms with E-state index in [-0.39, 0.29) is 11.0 Å². The van der Waals surface area contributed by atoms with Gasteiger partial charge in [0.05, 0.1) is 17.2 Å². The standard InChI is InChI=1S/C10H6F2O4/c11-5-3-6-4(1-2-16-6)8(12)7(5)9(13)10(14)15/h1-3,9,13H,(H,14,15). The molecule has 0 saturated heterocycles. The highest BCUT2D eigenvalue weighted by Gasteiger charge is 2.26. The molecule has 2 N–H and O–H groups in total. The van der Waals surface area contributed by atoms with E-state index in [1.54, 1.807) is 0 Å². The van der Waals surface area contributed by atoms with Crippen molar-refractivity contribution in [3.05, 3.63) is 35.6 Å². The number of hydrogen-bond acceptors (Lipinski definition) is 3. The Morgan fingerprint density at radius 3 is 2.75 bits per heavy atom. The monoisotopic (exact) mass is 228 g/mol. The van der Waals surface area contributed by atoms with Crippen LogP contribution < -0.4 is 0 Å². The number of fused-ring (bicyclic) bond motifs is 1. The largest absolute Gasteiger partial charge is 0.479 e. The summed E-state index contributed by atoms with van der Waals surface area (Å²) < 4.78 is 31.8. The number of aliphatic hydroxyl groups is 1. The van der Waals surface area contributed by atoms with Gasteiger partial charge in [-0.2, -0.15) is 0 Å². The van der Waals surface area contributed by atoms with Gasteiger partial charge in [0, 0.05) is 6.07 Å². The molecule has 4 nitrogen and oxygen atoms in total. The predicted octanol–water partition coefficient (Wildman–Crippen LogP) is 1.83. The van der Waals surface area contributed by atoms with Crippen LogP contribution in [0.5, 0.6) is 0 Å². The summed E-state index contributed by atoms with van der Waals surface area (Å²) in [7, 11) is 0. The molecular formula is C10H6F2O4. The summed E-state index contributed by atoms with van der Waals surface area (Å²) in [6, 6.07) is 2.06. The van der Waals surface area contributed by atoms with E-state index in [2.05, 4.69) is 0 Å². The summed E-state index contributed by atoms with van der Waals surface area (Å²) in [6.45, 7) is 0. The lowest BCUT2D eigenvalue weighted by molar-refractivity contribution is -0.147. The van der Waals surface area contributed by atoms with E-state index in [1.165, 1.54) is 6.07 Å². The van der Waals surface area contributed by atoms with Gasteiger partial charge in [0.25, 0.3) is 0 Å². The Hall–Kier alpha value is -1.95. The molecule has 6 heteroatoms. The van der Waals surface area contributed by atoms with E-state index in [0.29, 0.717) is 0 Å². The van der Waals surface area contributed by atoms with Crippen molar-refractivity contribution >= 4 is 16.9 Å². The minimum absolute atomic E-state index is 0.0451. The van der Waals surface area contributed by atoms with Crippen LogP contribution in [0.25, 0.3) is 11.0 Å². The molecule has 0 bridgehead atoms. The van der Waals surface area contributed by atoms with E-state index < -0.39 is 29.3 Å². The van der Waals surface area contributed by atoms with Crippen LogP contribution in [0.4, 0.5) is 8.78 Å². The molecule has 0 aliphatic rings. The lowest BCUT2D eigenvalue weighted by Gasteiger charge is -2.08. The molecule has 0 aliphatic carbocycles. The zero-order chi connectivity index (χ0) is 11.9. The van der Waals surface area contributed by atoms with Crippen molar-refractivity contribution in [1.29, 1.82) is 0 Å². The van der Waals surface area contributed by atoms with Crippen molar-refractivity contribution in [2.24, 2.45) is 0 Å². The Kier molecular flexibility index (Phi) is 2.35. The van der Waals surface area contributed by atoms with Crippen LogP contribution in [0, 0.1) is 11.6 Å². The second kappa shape index (κ2) is 3.57. The van der Waals surface area contributed by atoms with Gasteiger partial charge in [0.2, 0.25) is 0 Å². The summed E-state index contributed by atoms with van der Waals surface area (Å²) in [5.74, 6) is -4.01. The second-order valence-electron chi connectivity index (χ2n) is 3.16. The number of carbonyl (C=O) groups is 1. The predicted molar refractivity (Wildman–Crippen MR) is 48.7 cm³/mol. The maximum absolute atomic E-state index is 13.7. The average Bonchev–Trinajstić information content (AvgIpc) is 2.65. The number of carboxylic acid groups (broad SMARTS) is 1. The third-order valence-corrected chi connectivity index (χ3v) is 2.19. The van der Waals surface area contributed by atoms with Crippen LogP contribution in [-0.2, 0) is 4.79 Å². The van der Waals surface area contributed by atoms with Crippen LogP contribution in [-0.4, -0.2) is 16.2 Å². The molecule has 1 atom stereocenters. The third-order valence-electron chi connectivity index (χ3n) is 2.19. The first-order valence-electron chi connectivity index (χ1n) is 4.28. The maximum Gasteiger partial charge on any atom is 0.337 e. The van der Waals surface area contributed by atoms with Gasteiger partial charge in [0.1, 0.15) is 17.2 Å². The van der Waals surface area contributed by atoms with Crippen molar-refractivity contribution in [3.63, 3.8) is 0 Å². The summed E-state index contributed by atoms with van der Waals surface area (Å²) >= 11 is 0. The number of hydrogen-bond donors (Lipinski definition) is 2. The quantitative estimate of drug-likeness (QED) is 0.822. The molecule has 16 heavy (non-hydrogen) atoms. The molecule has 0 fully saturated rings.